The summed E-state index contributed by atoms with van der Waals surface area (Å²) in [5.74, 6) is 0.213. The molecule has 2 unspecified atom stereocenters. The van der Waals surface area contributed by atoms with Gasteiger partial charge in [0.25, 0.3) is 0 Å². The van der Waals surface area contributed by atoms with Crippen molar-refractivity contribution >= 4 is 5.91 Å². The number of aliphatic hydroxyl groups is 1. The van der Waals surface area contributed by atoms with E-state index in [0.29, 0.717) is 19.4 Å². The summed E-state index contributed by atoms with van der Waals surface area (Å²) in [6.07, 6.45) is 0.778. The van der Waals surface area contributed by atoms with Crippen molar-refractivity contribution in [2.75, 3.05) is 27.2 Å². The number of nitrogens with one attached hydrogen (secondary N) is 1. The zero-order valence-corrected chi connectivity index (χ0v) is 12.7. The lowest BCUT2D eigenvalue weighted by Crippen LogP contribution is -2.31. The van der Waals surface area contributed by atoms with Gasteiger partial charge in [-0.15, -0.1) is 0 Å². The first-order valence-electron chi connectivity index (χ1n) is 7.13. The third-order valence-electron chi connectivity index (χ3n) is 3.23. The summed E-state index contributed by atoms with van der Waals surface area (Å²) < 4.78 is 0. The Labute approximate surface area is 121 Å². The molecule has 1 aromatic carbocycles. The number of benzene rings is 1. The Balaban J connectivity index is 2.51. The molecular weight excluding hydrogens is 252 g/mol. The Hall–Kier alpha value is -1.39. The molecule has 0 radical (unpaired) electrons. The predicted octanol–water partition coefficient (Wildman–Crippen LogP) is 1.61. The summed E-state index contributed by atoms with van der Waals surface area (Å²) >= 11 is 0. The molecule has 0 aliphatic heterocycles. The Kier molecular flexibility index (Phi) is 7.26. The van der Waals surface area contributed by atoms with E-state index in [2.05, 4.69) is 5.32 Å². The maximum absolute atomic E-state index is 11.8. The summed E-state index contributed by atoms with van der Waals surface area (Å²) in [6, 6.07) is 10.0. The van der Waals surface area contributed by atoms with E-state index in [-0.39, 0.29) is 17.9 Å². The SMILES string of the molecule is CC(O)CC(CNC(=O)CCN(C)C)c1ccccc1. The van der Waals surface area contributed by atoms with Crippen LogP contribution < -0.4 is 5.32 Å². The van der Waals surface area contributed by atoms with Crippen LogP contribution in [0, 0.1) is 0 Å². The van der Waals surface area contributed by atoms with Gasteiger partial charge in [-0.3, -0.25) is 4.79 Å². The van der Waals surface area contributed by atoms with Crippen LogP contribution in [0.5, 0.6) is 0 Å². The van der Waals surface area contributed by atoms with Crippen molar-refractivity contribution < 1.29 is 9.90 Å². The van der Waals surface area contributed by atoms with Crippen molar-refractivity contribution in [1.82, 2.24) is 10.2 Å². The van der Waals surface area contributed by atoms with Gasteiger partial charge in [0.05, 0.1) is 6.10 Å². The zero-order valence-electron chi connectivity index (χ0n) is 12.7. The number of hydrogen-bond acceptors (Lipinski definition) is 3. The molecule has 2 N–H and O–H groups in total. The van der Waals surface area contributed by atoms with Gasteiger partial charge in [-0.25, -0.2) is 0 Å². The molecule has 4 heteroatoms. The van der Waals surface area contributed by atoms with Crippen molar-refractivity contribution in [3.63, 3.8) is 0 Å². The van der Waals surface area contributed by atoms with Crippen molar-refractivity contribution in [2.24, 2.45) is 0 Å². The van der Waals surface area contributed by atoms with Crippen LogP contribution in [0.1, 0.15) is 31.2 Å². The second-order valence-electron chi connectivity index (χ2n) is 5.55. The van der Waals surface area contributed by atoms with E-state index < -0.39 is 0 Å². The Morgan fingerprint density at radius 2 is 1.95 bits per heavy atom. The van der Waals surface area contributed by atoms with Crippen LogP contribution in [0.4, 0.5) is 0 Å². The van der Waals surface area contributed by atoms with Crippen LogP contribution in [-0.2, 0) is 4.79 Å². The third kappa shape index (κ3) is 6.68. The van der Waals surface area contributed by atoms with Gasteiger partial charge in [-0.05, 0) is 33.0 Å². The molecule has 1 amide bonds. The van der Waals surface area contributed by atoms with Crippen molar-refractivity contribution in [3.8, 4) is 0 Å². The molecule has 0 bridgehead atoms. The number of hydrogen-bond donors (Lipinski definition) is 2. The fraction of sp³-hybridized carbons (Fsp3) is 0.562. The minimum absolute atomic E-state index is 0.0604. The molecule has 1 rings (SSSR count). The number of nitrogens with zero attached hydrogens (tertiary/aromatic N) is 1. The lowest BCUT2D eigenvalue weighted by molar-refractivity contribution is -0.121. The highest BCUT2D eigenvalue weighted by Crippen LogP contribution is 2.20. The number of rotatable bonds is 8. The topological polar surface area (TPSA) is 52.6 Å². The summed E-state index contributed by atoms with van der Waals surface area (Å²) in [7, 11) is 3.90. The highest BCUT2D eigenvalue weighted by atomic mass is 16.3. The summed E-state index contributed by atoms with van der Waals surface area (Å²) in [4.78, 5) is 13.8. The van der Waals surface area contributed by atoms with Crippen LogP contribution in [0.3, 0.4) is 0 Å². The maximum Gasteiger partial charge on any atom is 0.221 e. The summed E-state index contributed by atoms with van der Waals surface area (Å²) in [5.41, 5.74) is 1.15. The normalized spacial score (nSPS) is 14.1. The lowest BCUT2D eigenvalue weighted by atomic mass is 9.93. The second-order valence-corrected chi connectivity index (χ2v) is 5.55. The van der Waals surface area contributed by atoms with E-state index in [1.165, 1.54) is 0 Å². The Bertz CT molecular complexity index is 391. The largest absolute Gasteiger partial charge is 0.393 e. The fourth-order valence-corrected chi connectivity index (χ4v) is 2.12. The summed E-state index contributed by atoms with van der Waals surface area (Å²) in [5, 5.41) is 12.6. The van der Waals surface area contributed by atoms with Crippen LogP contribution in [0.15, 0.2) is 30.3 Å². The van der Waals surface area contributed by atoms with Crippen molar-refractivity contribution in [1.29, 1.82) is 0 Å². The molecule has 0 saturated carbocycles. The fourth-order valence-electron chi connectivity index (χ4n) is 2.12. The molecule has 4 nitrogen and oxygen atoms in total. The monoisotopic (exact) mass is 278 g/mol. The van der Waals surface area contributed by atoms with Crippen LogP contribution in [0.25, 0.3) is 0 Å². The zero-order chi connectivity index (χ0) is 15.0. The van der Waals surface area contributed by atoms with Crippen LogP contribution in [0.2, 0.25) is 0 Å². The molecule has 20 heavy (non-hydrogen) atoms. The molecule has 2 atom stereocenters. The average molecular weight is 278 g/mol. The molecule has 0 spiro atoms. The smallest absolute Gasteiger partial charge is 0.221 e. The number of carbonyl (C=O) groups excluding carboxylic acids is 1. The highest BCUT2D eigenvalue weighted by Gasteiger charge is 2.15. The van der Waals surface area contributed by atoms with Crippen molar-refractivity contribution in [2.45, 2.75) is 31.8 Å². The first kappa shape index (κ1) is 16.7. The molecule has 1 aromatic rings. The van der Waals surface area contributed by atoms with E-state index in [1.54, 1.807) is 6.92 Å². The highest BCUT2D eigenvalue weighted by molar-refractivity contribution is 5.76. The first-order valence-corrected chi connectivity index (χ1v) is 7.13. The van der Waals surface area contributed by atoms with Crippen molar-refractivity contribution in [3.05, 3.63) is 35.9 Å². The maximum atomic E-state index is 11.8. The first-order chi connectivity index (χ1) is 9.49. The van der Waals surface area contributed by atoms with Gasteiger partial charge < -0.3 is 15.3 Å². The molecule has 0 aromatic heterocycles. The van der Waals surface area contributed by atoms with Gasteiger partial charge >= 0.3 is 0 Å². The molecule has 0 aliphatic rings. The molecule has 0 saturated heterocycles. The van der Waals surface area contributed by atoms with E-state index in [9.17, 15) is 9.90 Å². The molecule has 0 fully saturated rings. The van der Waals surface area contributed by atoms with E-state index in [4.69, 9.17) is 0 Å². The quantitative estimate of drug-likeness (QED) is 0.759. The molecule has 0 heterocycles. The number of amides is 1. The standard InChI is InChI=1S/C16H26N2O2/c1-13(19)11-15(14-7-5-4-6-8-14)12-17-16(20)9-10-18(2)3/h4-8,13,15,19H,9-12H2,1-3H3,(H,17,20). The Morgan fingerprint density at radius 3 is 2.50 bits per heavy atom. The van der Waals surface area contributed by atoms with E-state index in [1.807, 2.05) is 49.3 Å². The molecule has 112 valence electrons. The van der Waals surface area contributed by atoms with Gasteiger partial charge in [-0.2, -0.15) is 0 Å². The Morgan fingerprint density at radius 1 is 1.30 bits per heavy atom. The number of aliphatic hydroxyl groups excluding tert-OH is 1. The summed E-state index contributed by atoms with van der Waals surface area (Å²) in [6.45, 7) is 3.10. The second kappa shape index (κ2) is 8.72. The van der Waals surface area contributed by atoms with Gasteiger partial charge in [0.15, 0.2) is 0 Å². The van der Waals surface area contributed by atoms with Crippen LogP contribution in [-0.4, -0.2) is 49.2 Å². The number of carbonyl (C=O) groups is 1. The van der Waals surface area contributed by atoms with E-state index in [0.717, 1.165) is 12.1 Å². The predicted molar refractivity (Wildman–Crippen MR) is 81.7 cm³/mol. The van der Waals surface area contributed by atoms with E-state index >= 15 is 0 Å². The minimum Gasteiger partial charge on any atom is -0.393 e. The molecule has 0 aliphatic carbocycles. The average Bonchev–Trinajstić information content (AvgIpc) is 2.41. The van der Waals surface area contributed by atoms with Gasteiger partial charge in [-0.1, -0.05) is 30.3 Å². The third-order valence-corrected chi connectivity index (χ3v) is 3.23. The minimum atomic E-state index is -0.376. The van der Waals surface area contributed by atoms with Crippen LogP contribution >= 0.6 is 0 Å². The molecular formula is C16H26N2O2. The van der Waals surface area contributed by atoms with Gasteiger partial charge in [0.1, 0.15) is 0 Å². The lowest BCUT2D eigenvalue weighted by Gasteiger charge is -2.20. The van der Waals surface area contributed by atoms with Gasteiger partial charge in [0, 0.05) is 25.4 Å². The van der Waals surface area contributed by atoms with Gasteiger partial charge in [0.2, 0.25) is 5.91 Å².